The van der Waals surface area contributed by atoms with Gasteiger partial charge < -0.3 is 15.0 Å². The van der Waals surface area contributed by atoms with E-state index >= 15 is 0 Å². The van der Waals surface area contributed by atoms with Crippen LogP contribution < -0.4 is 16.1 Å². The molecule has 2 aromatic rings. The van der Waals surface area contributed by atoms with Crippen LogP contribution in [0.15, 0.2) is 40.1 Å². The van der Waals surface area contributed by atoms with E-state index in [4.69, 9.17) is 0 Å². The van der Waals surface area contributed by atoms with E-state index in [1.54, 1.807) is 12.1 Å². The maximum Gasteiger partial charge on any atom is 0.325 e. The molecule has 0 aliphatic rings. The highest BCUT2D eigenvalue weighted by Gasteiger charge is 2.17. The summed E-state index contributed by atoms with van der Waals surface area (Å²) >= 11 is 0. The molecule has 0 fully saturated rings. The van der Waals surface area contributed by atoms with Crippen molar-refractivity contribution < 1.29 is 9.90 Å². The topological polar surface area (TPSA) is 106 Å². The third-order valence-electron chi connectivity index (χ3n) is 2.57. The number of aromatic nitrogens is 2. The number of amides is 1. The zero-order valence-electron chi connectivity index (χ0n) is 10.0. The molecule has 0 unspecified atom stereocenters. The highest BCUT2D eigenvalue weighted by molar-refractivity contribution is 6.05. The molecule has 0 spiro atoms. The molecule has 0 atom stereocenters. The number of hydrogen-bond acceptors (Lipinski definition) is 4. The number of phenolic OH excluding ortho intramolecular Hbond substituents is 1. The summed E-state index contributed by atoms with van der Waals surface area (Å²) in [6, 6.07) is 6.04. The molecule has 2 rings (SSSR count). The molecular formula is C12H11N3O4. The van der Waals surface area contributed by atoms with Gasteiger partial charge in [-0.3, -0.25) is 14.6 Å². The first-order chi connectivity index (χ1) is 8.99. The third-order valence-corrected chi connectivity index (χ3v) is 2.57. The van der Waals surface area contributed by atoms with Crippen LogP contribution in [-0.4, -0.2) is 28.0 Å². The van der Waals surface area contributed by atoms with E-state index in [1.807, 2.05) is 4.98 Å². The minimum Gasteiger partial charge on any atom is -0.508 e. The van der Waals surface area contributed by atoms with Gasteiger partial charge in [0.2, 0.25) is 0 Å². The number of anilines is 1. The van der Waals surface area contributed by atoms with Crippen LogP contribution >= 0.6 is 0 Å². The molecule has 1 aromatic heterocycles. The highest BCUT2D eigenvalue weighted by atomic mass is 16.3. The molecule has 7 heteroatoms. The van der Waals surface area contributed by atoms with Gasteiger partial charge in [-0.1, -0.05) is 6.07 Å². The molecule has 0 bridgehead atoms. The Kier molecular flexibility index (Phi) is 3.19. The van der Waals surface area contributed by atoms with Crippen molar-refractivity contribution in [3.05, 3.63) is 56.9 Å². The van der Waals surface area contributed by atoms with Gasteiger partial charge in [-0.15, -0.1) is 0 Å². The lowest BCUT2D eigenvalue weighted by molar-refractivity contribution is 0.0991. The van der Waals surface area contributed by atoms with Crippen molar-refractivity contribution in [1.29, 1.82) is 0 Å². The van der Waals surface area contributed by atoms with E-state index in [-0.39, 0.29) is 11.3 Å². The second-order valence-electron chi connectivity index (χ2n) is 3.87. The predicted molar refractivity (Wildman–Crippen MR) is 68.5 cm³/mol. The van der Waals surface area contributed by atoms with Crippen LogP contribution in [0.2, 0.25) is 0 Å². The summed E-state index contributed by atoms with van der Waals surface area (Å²) in [6.07, 6.45) is 1.06. The first kappa shape index (κ1) is 12.6. The SMILES string of the molecule is CN(C(=O)c1c[nH]c(=O)[nH]c1=O)c1cccc(O)c1. The number of rotatable bonds is 2. The van der Waals surface area contributed by atoms with E-state index in [0.717, 1.165) is 6.20 Å². The molecule has 7 nitrogen and oxygen atoms in total. The molecule has 3 N–H and O–H groups in total. The summed E-state index contributed by atoms with van der Waals surface area (Å²) < 4.78 is 0. The summed E-state index contributed by atoms with van der Waals surface area (Å²) in [4.78, 5) is 39.9. The number of nitrogens with zero attached hydrogens (tertiary/aromatic N) is 1. The maximum absolute atomic E-state index is 12.1. The average molecular weight is 261 g/mol. The fourth-order valence-corrected chi connectivity index (χ4v) is 1.57. The third kappa shape index (κ3) is 2.54. The fourth-order valence-electron chi connectivity index (χ4n) is 1.57. The van der Waals surface area contributed by atoms with Crippen molar-refractivity contribution in [3.63, 3.8) is 0 Å². The van der Waals surface area contributed by atoms with Crippen molar-refractivity contribution in [2.75, 3.05) is 11.9 Å². The van der Waals surface area contributed by atoms with Crippen LogP contribution in [0.4, 0.5) is 5.69 Å². The monoisotopic (exact) mass is 261 g/mol. The van der Waals surface area contributed by atoms with E-state index in [0.29, 0.717) is 5.69 Å². The number of carbonyl (C=O) groups is 1. The lowest BCUT2D eigenvalue weighted by Crippen LogP contribution is -2.34. The number of nitrogens with one attached hydrogen (secondary N) is 2. The van der Waals surface area contributed by atoms with Gasteiger partial charge in [0.25, 0.3) is 11.5 Å². The first-order valence-corrected chi connectivity index (χ1v) is 5.38. The number of H-pyrrole nitrogens is 2. The van der Waals surface area contributed by atoms with Gasteiger partial charge in [0, 0.05) is 25.0 Å². The largest absolute Gasteiger partial charge is 0.508 e. The number of aromatic hydroxyl groups is 1. The van der Waals surface area contributed by atoms with Crippen LogP contribution in [0.1, 0.15) is 10.4 Å². The van der Waals surface area contributed by atoms with Gasteiger partial charge in [0.1, 0.15) is 11.3 Å². The maximum atomic E-state index is 12.1. The van der Waals surface area contributed by atoms with Gasteiger partial charge in [-0.2, -0.15) is 0 Å². The van der Waals surface area contributed by atoms with Gasteiger partial charge >= 0.3 is 5.69 Å². The van der Waals surface area contributed by atoms with Crippen molar-refractivity contribution in [2.45, 2.75) is 0 Å². The van der Waals surface area contributed by atoms with Gasteiger partial charge in [0.05, 0.1) is 0 Å². The summed E-state index contributed by atoms with van der Waals surface area (Å²) in [5.74, 6) is -0.587. The number of carbonyl (C=O) groups excluding carboxylic acids is 1. The van der Waals surface area contributed by atoms with E-state index in [9.17, 15) is 19.5 Å². The number of phenols is 1. The Morgan fingerprint density at radius 1 is 1.32 bits per heavy atom. The summed E-state index contributed by atoms with van der Waals surface area (Å²) in [5.41, 5.74) is -1.21. The van der Waals surface area contributed by atoms with E-state index in [2.05, 4.69) is 4.98 Å². The molecule has 19 heavy (non-hydrogen) atoms. The van der Waals surface area contributed by atoms with Crippen molar-refractivity contribution in [3.8, 4) is 5.75 Å². The lowest BCUT2D eigenvalue weighted by atomic mass is 10.2. The molecule has 0 aliphatic heterocycles. The van der Waals surface area contributed by atoms with Gasteiger partial charge in [0.15, 0.2) is 0 Å². The zero-order valence-corrected chi connectivity index (χ0v) is 10.0. The van der Waals surface area contributed by atoms with Crippen LogP contribution in [0.5, 0.6) is 5.75 Å². The summed E-state index contributed by atoms with van der Waals surface area (Å²) in [6.45, 7) is 0. The Bertz CT molecular complexity index is 732. The highest BCUT2D eigenvalue weighted by Crippen LogP contribution is 2.19. The van der Waals surface area contributed by atoms with Gasteiger partial charge in [-0.25, -0.2) is 4.79 Å². The minimum atomic E-state index is -0.763. The Morgan fingerprint density at radius 2 is 2.05 bits per heavy atom. The molecule has 0 radical (unpaired) electrons. The molecule has 1 heterocycles. The summed E-state index contributed by atoms with van der Waals surface area (Å²) in [5, 5.41) is 9.35. The van der Waals surface area contributed by atoms with Crippen molar-refractivity contribution in [1.82, 2.24) is 9.97 Å². The lowest BCUT2D eigenvalue weighted by Gasteiger charge is -2.16. The molecule has 1 amide bonds. The number of benzene rings is 1. The van der Waals surface area contributed by atoms with Crippen LogP contribution in [0, 0.1) is 0 Å². The average Bonchev–Trinajstić information content (AvgIpc) is 2.37. The standard InChI is InChI=1S/C12H11N3O4/c1-15(7-3-2-4-8(16)5-7)11(18)9-6-13-12(19)14-10(9)17/h2-6,16H,1H3,(H2,13,14,17,19). The fraction of sp³-hybridized carbons (Fsp3) is 0.0833. The Hall–Kier alpha value is -2.83. The second kappa shape index (κ2) is 4.81. The molecule has 0 saturated carbocycles. The molecular weight excluding hydrogens is 250 g/mol. The van der Waals surface area contributed by atoms with Gasteiger partial charge in [-0.05, 0) is 12.1 Å². The van der Waals surface area contributed by atoms with Crippen LogP contribution in [0.25, 0.3) is 0 Å². The smallest absolute Gasteiger partial charge is 0.325 e. The Morgan fingerprint density at radius 3 is 2.68 bits per heavy atom. The summed E-state index contributed by atoms with van der Waals surface area (Å²) in [7, 11) is 1.46. The zero-order chi connectivity index (χ0) is 14.0. The normalized spacial score (nSPS) is 10.2. The minimum absolute atomic E-state index is 0.00697. The number of aromatic amines is 2. The van der Waals surface area contributed by atoms with Crippen molar-refractivity contribution in [2.24, 2.45) is 0 Å². The predicted octanol–water partition coefficient (Wildman–Crippen LogP) is 0.0454. The molecule has 0 saturated heterocycles. The van der Waals surface area contributed by atoms with E-state index in [1.165, 1.54) is 24.1 Å². The van der Waals surface area contributed by atoms with Crippen molar-refractivity contribution >= 4 is 11.6 Å². The number of hydrogen-bond donors (Lipinski definition) is 3. The Labute approximate surface area is 107 Å². The second-order valence-corrected chi connectivity index (χ2v) is 3.87. The van der Waals surface area contributed by atoms with E-state index < -0.39 is 17.2 Å². The van der Waals surface area contributed by atoms with Crippen LogP contribution in [-0.2, 0) is 0 Å². The molecule has 0 aliphatic carbocycles. The first-order valence-electron chi connectivity index (χ1n) is 5.38. The molecule has 98 valence electrons. The van der Waals surface area contributed by atoms with Crippen LogP contribution in [0.3, 0.4) is 0 Å². The Balaban J connectivity index is 2.39. The quantitative estimate of drug-likeness (QED) is 0.709. The molecule has 1 aromatic carbocycles.